The van der Waals surface area contributed by atoms with E-state index in [2.05, 4.69) is 41.3 Å². The van der Waals surface area contributed by atoms with Gasteiger partial charge in [0.05, 0.1) is 12.5 Å². The molecule has 0 radical (unpaired) electrons. The van der Waals surface area contributed by atoms with E-state index in [0.29, 0.717) is 6.61 Å². The molecule has 1 aliphatic carbocycles. The van der Waals surface area contributed by atoms with Crippen molar-refractivity contribution >= 4 is 23.2 Å². The summed E-state index contributed by atoms with van der Waals surface area (Å²) in [5.41, 5.74) is 2.69. The summed E-state index contributed by atoms with van der Waals surface area (Å²) >= 11 is 14.1. The van der Waals surface area contributed by atoms with Crippen LogP contribution in [0.1, 0.15) is 22.6 Å². The van der Waals surface area contributed by atoms with Gasteiger partial charge in [-0.3, -0.25) is 0 Å². The van der Waals surface area contributed by atoms with Crippen molar-refractivity contribution < 1.29 is 9.47 Å². The van der Waals surface area contributed by atoms with Crippen LogP contribution in [0.2, 0.25) is 0 Å². The summed E-state index contributed by atoms with van der Waals surface area (Å²) in [6, 6.07) is 26.4. The van der Waals surface area contributed by atoms with E-state index in [4.69, 9.17) is 32.7 Å². The number of halogens is 2. The molecule has 0 aromatic heterocycles. The Kier molecular flexibility index (Phi) is 6.20. The average Bonchev–Trinajstić information content (AvgIpc) is 3.31. The molecule has 0 saturated heterocycles. The molecule has 1 saturated carbocycles. The predicted molar refractivity (Wildman–Crippen MR) is 128 cm³/mol. The molecule has 31 heavy (non-hydrogen) atoms. The second-order valence-corrected chi connectivity index (χ2v) is 9.57. The number of rotatable bonds is 8. The zero-order valence-electron chi connectivity index (χ0n) is 18.0. The normalized spacial score (nSPS) is 21.7. The third-order valence-electron chi connectivity index (χ3n) is 6.03. The number of benzene rings is 3. The topological polar surface area (TPSA) is 21.7 Å². The Labute approximate surface area is 194 Å². The summed E-state index contributed by atoms with van der Waals surface area (Å²) in [6.45, 7) is 1.50. The minimum absolute atomic E-state index is 0.0709. The summed E-state index contributed by atoms with van der Waals surface area (Å²) < 4.78 is 10.3. The molecule has 0 N–H and O–H groups in total. The van der Waals surface area contributed by atoms with Gasteiger partial charge in [-0.05, 0) is 55.1 Å². The van der Waals surface area contributed by atoms with Crippen LogP contribution < -0.4 is 9.47 Å². The number of alkyl halides is 2. The highest BCUT2D eigenvalue weighted by atomic mass is 35.5. The minimum Gasteiger partial charge on any atom is -0.497 e. The zero-order chi connectivity index (χ0) is 22.1. The van der Waals surface area contributed by atoms with E-state index in [0.717, 1.165) is 34.7 Å². The number of hydrogen-bond acceptors (Lipinski definition) is 3. The van der Waals surface area contributed by atoms with Crippen LogP contribution in [0.5, 0.6) is 11.5 Å². The van der Waals surface area contributed by atoms with Crippen LogP contribution in [0.4, 0.5) is 0 Å². The van der Waals surface area contributed by atoms with E-state index in [1.165, 1.54) is 0 Å². The molecule has 162 valence electrons. The van der Waals surface area contributed by atoms with Crippen molar-refractivity contribution in [2.75, 3.05) is 34.4 Å². The van der Waals surface area contributed by atoms with Gasteiger partial charge in [0.1, 0.15) is 22.4 Å². The highest BCUT2D eigenvalue weighted by Gasteiger charge is 2.77. The first-order valence-electron chi connectivity index (χ1n) is 10.4. The van der Waals surface area contributed by atoms with Gasteiger partial charge in [-0.15, -0.1) is 0 Å². The number of hydrogen-bond donors (Lipinski definition) is 0. The molecule has 1 fully saturated rings. The fraction of sp³-hybridized carbons (Fsp3) is 0.308. The van der Waals surface area contributed by atoms with Crippen molar-refractivity contribution in [3.05, 3.63) is 95.6 Å². The first-order valence-corrected chi connectivity index (χ1v) is 11.1. The second kappa shape index (κ2) is 8.74. The summed E-state index contributed by atoms with van der Waals surface area (Å²) in [4.78, 5) is 2.09. The molecular weight excluding hydrogens is 429 g/mol. The predicted octanol–water partition coefficient (Wildman–Crippen LogP) is 5.89. The molecule has 0 heterocycles. The van der Waals surface area contributed by atoms with Gasteiger partial charge in [0.25, 0.3) is 0 Å². The smallest absolute Gasteiger partial charge is 0.140 e. The monoisotopic (exact) mass is 455 g/mol. The molecule has 0 amide bonds. The lowest BCUT2D eigenvalue weighted by Gasteiger charge is -2.21. The van der Waals surface area contributed by atoms with Gasteiger partial charge >= 0.3 is 0 Å². The number of methoxy groups -OCH3 is 1. The summed E-state index contributed by atoms with van der Waals surface area (Å²) in [6.07, 6.45) is 0. The first-order chi connectivity index (χ1) is 14.9. The molecule has 0 aliphatic heterocycles. The maximum absolute atomic E-state index is 7.06. The Bertz CT molecular complexity index is 1000. The maximum atomic E-state index is 7.06. The van der Waals surface area contributed by atoms with Crippen LogP contribution in [-0.4, -0.2) is 43.6 Å². The van der Waals surface area contributed by atoms with Crippen LogP contribution in [0.25, 0.3) is 0 Å². The number of nitrogens with zero attached hydrogens (tertiary/aromatic N) is 1. The maximum Gasteiger partial charge on any atom is 0.140 e. The largest absolute Gasteiger partial charge is 0.497 e. The van der Waals surface area contributed by atoms with Crippen molar-refractivity contribution in [1.82, 2.24) is 4.90 Å². The van der Waals surface area contributed by atoms with Crippen molar-refractivity contribution in [2.45, 2.75) is 15.7 Å². The SMILES string of the molecule is COc1ccc([C@@]2(c3ccc(OCCN(C)C)cc3)[C@H](c3ccccc3)C2(Cl)Cl)cc1. The lowest BCUT2D eigenvalue weighted by atomic mass is 9.84. The van der Waals surface area contributed by atoms with Crippen LogP contribution >= 0.6 is 23.2 Å². The Morgan fingerprint density at radius 3 is 1.87 bits per heavy atom. The van der Waals surface area contributed by atoms with Crippen molar-refractivity contribution in [2.24, 2.45) is 0 Å². The summed E-state index contributed by atoms with van der Waals surface area (Å²) in [7, 11) is 5.72. The quantitative estimate of drug-likeness (QED) is 0.395. The molecule has 3 aromatic rings. The van der Waals surface area contributed by atoms with Crippen LogP contribution in [0, 0.1) is 0 Å². The third-order valence-corrected chi connectivity index (χ3v) is 7.07. The highest BCUT2D eigenvalue weighted by Crippen LogP contribution is 2.77. The molecular formula is C26H27Cl2NO2. The van der Waals surface area contributed by atoms with E-state index in [-0.39, 0.29) is 5.92 Å². The third kappa shape index (κ3) is 3.91. The van der Waals surface area contributed by atoms with Gasteiger partial charge in [0, 0.05) is 12.5 Å². The fourth-order valence-electron chi connectivity index (χ4n) is 4.41. The van der Waals surface area contributed by atoms with Gasteiger partial charge in [0.2, 0.25) is 0 Å². The summed E-state index contributed by atoms with van der Waals surface area (Å²) in [5.74, 6) is 1.57. The van der Waals surface area contributed by atoms with Crippen LogP contribution in [-0.2, 0) is 5.41 Å². The molecule has 0 unspecified atom stereocenters. The van der Waals surface area contributed by atoms with E-state index in [9.17, 15) is 0 Å². The zero-order valence-corrected chi connectivity index (χ0v) is 19.5. The van der Waals surface area contributed by atoms with E-state index in [1.54, 1.807) is 7.11 Å². The average molecular weight is 456 g/mol. The minimum atomic E-state index is -0.976. The standard InChI is InChI=1S/C26H27Cl2NO2/c1-29(2)17-18-31-23-15-11-21(12-16-23)25(20-9-13-22(30-3)14-10-20)24(26(25,27)28)19-7-5-4-6-8-19/h4-16,24H,17-18H2,1-3H3/t24-,25+/m0/s1. The van der Waals surface area contributed by atoms with E-state index in [1.807, 2.05) is 56.6 Å². The molecule has 0 bridgehead atoms. The second-order valence-electron chi connectivity index (χ2n) is 8.18. The molecule has 5 heteroatoms. The van der Waals surface area contributed by atoms with Crippen molar-refractivity contribution in [3.8, 4) is 11.5 Å². The molecule has 0 spiro atoms. The van der Waals surface area contributed by atoms with Crippen molar-refractivity contribution in [3.63, 3.8) is 0 Å². The lowest BCUT2D eigenvalue weighted by molar-refractivity contribution is 0.261. The van der Waals surface area contributed by atoms with Gasteiger partial charge in [-0.25, -0.2) is 0 Å². The van der Waals surface area contributed by atoms with Crippen molar-refractivity contribution in [1.29, 1.82) is 0 Å². The Morgan fingerprint density at radius 2 is 1.35 bits per heavy atom. The molecule has 3 nitrogen and oxygen atoms in total. The number of likely N-dealkylation sites (N-methyl/N-ethyl adjacent to an activating group) is 1. The lowest BCUT2D eigenvalue weighted by Crippen LogP contribution is -2.19. The van der Waals surface area contributed by atoms with Gasteiger partial charge in [-0.1, -0.05) is 77.8 Å². The van der Waals surface area contributed by atoms with Gasteiger partial charge in [0.15, 0.2) is 0 Å². The van der Waals surface area contributed by atoms with Gasteiger partial charge < -0.3 is 14.4 Å². The summed E-state index contributed by atoms with van der Waals surface area (Å²) in [5, 5.41) is 0. The van der Waals surface area contributed by atoms with Gasteiger partial charge in [-0.2, -0.15) is 0 Å². The van der Waals surface area contributed by atoms with E-state index < -0.39 is 9.75 Å². The molecule has 2 atom stereocenters. The van der Waals surface area contributed by atoms with E-state index >= 15 is 0 Å². The Balaban J connectivity index is 1.73. The van der Waals surface area contributed by atoms with Crippen LogP contribution in [0.15, 0.2) is 78.9 Å². The number of ether oxygens (including phenoxy) is 2. The highest BCUT2D eigenvalue weighted by molar-refractivity contribution is 6.53. The molecule has 1 aliphatic rings. The fourth-order valence-corrected chi connectivity index (χ4v) is 5.53. The molecule has 3 aromatic carbocycles. The van der Waals surface area contributed by atoms with Crippen LogP contribution in [0.3, 0.4) is 0 Å². The Morgan fingerprint density at radius 1 is 0.806 bits per heavy atom. The first kappa shape index (κ1) is 22.0. The Hall–Kier alpha value is -2.20. The molecule has 4 rings (SSSR count).